The van der Waals surface area contributed by atoms with Gasteiger partial charge in [-0.15, -0.1) is 0 Å². The predicted molar refractivity (Wildman–Crippen MR) is 50.0 cm³/mol. The van der Waals surface area contributed by atoms with Crippen molar-refractivity contribution in [2.24, 2.45) is 0 Å². The number of imidazole rings is 1. The van der Waals surface area contributed by atoms with Crippen LogP contribution in [-0.4, -0.2) is 36.5 Å². The molecule has 0 bridgehead atoms. The molecule has 0 saturated heterocycles. The second kappa shape index (κ2) is 4.49. The van der Waals surface area contributed by atoms with Crippen LogP contribution in [0, 0.1) is 10.1 Å². The van der Waals surface area contributed by atoms with Crippen LogP contribution in [0.25, 0.3) is 0 Å². The zero-order valence-electron chi connectivity index (χ0n) is 6.92. The number of nitro groups is 1. The third kappa shape index (κ3) is 2.08. The molecule has 2 atom stereocenters. The summed E-state index contributed by atoms with van der Waals surface area (Å²) >= 11 is 2.94. The van der Waals surface area contributed by atoms with E-state index in [0.717, 1.165) is 6.33 Å². The quantitative estimate of drug-likeness (QED) is 0.406. The van der Waals surface area contributed by atoms with Crippen LogP contribution in [0.3, 0.4) is 0 Å². The number of nitrogens with one attached hydrogen (secondary N) is 1. The minimum atomic E-state index is -1.37. The number of hydrogen-bond donors (Lipinski definition) is 3. The summed E-state index contributed by atoms with van der Waals surface area (Å²) in [5.74, 6) is -0.405. The summed E-state index contributed by atoms with van der Waals surface area (Å²) in [4.78, 5) is 15.6. The van der Waals surface area contributed by atoms with Gasteiger partial charge in [-0.2, -0.15) is 0 Å². The van der Waals surface area contributed by atoms with Gasteiger partial charge in [-0.25, -0.2) is 9.97 Å². The van der Waals surface area contributed by atoms with Crippen LogP contribution >= 0.6 is 15.9 Å². The normalized spacial score (nSPS) is 15.1. The Balaban J connectivity index is 2.94. The monoisotopic (exact) mass is 265 g/mol. The second-order valence-corrected chi connectivity index (χ2v) is 3.21. The Morgan fingerprint density at radius 3 is 2.86 bits per heavy atom. The van der Waals surface area contributed by atoms with Gasteiger partial charge in [0, 0.05) is 5.33 Å². The molecule has 0 aliphatic carbocycles. The third-order valence-electron chi connectivity index (χ3n) is 1.63. The molecule has 0 radical (unpaired) electrons. The molecule has 2 unspecified atom stereocenters. The van der Waals surface area contributed by atoms with Gasteiger partial charge in [0.15, 0.2) is 12.0 Å². The number of aromatic amines is 1. The van der Waals surface area contributed by atoms with Crippen molar-refractivity contribution in [1.82, 2.24) is 9.97 Å². The van der Waals surface area contributed by atoms with Crippen LogP contribution < -0.4 is 0 Å². The Labute approximate surface area is 87.1 Å². The lowest BCUT2D eigenvalue weighted by molar-refractivity contribution is -0.390. The molecule has 0 aliphatic rings. The average Bonchev–Trinajstić information content (AvgIpc) is 2.63. The number of alkyl halides is 1. The minimum absolute atomic E-state index is 0.109. The van der Waals surface area contributed by atoms with Crippen molar-refractivity contribution in [3.63, 3.8) is 0 Å². The Hall–Kier alpha value is -0.990. The van der Waals surface area contributed by atoms with E-state index in [1.807, 2.05) is 0 Å². The fourth-order valence-electron chi connectivity index (χ4n) is 0.927. The van der Waals surface area contributed by atoms with Crippen LogP contribution in [0.1, 0.15) is 11.8 Å². The molecule has 1 rings (SSSR count). The number of rotatable bonds is 4. The van der Waals surface area contributed by atoms with Gasteiger partial charge in [-0.3, -0.25) is 0 Å². The van der Waals surface area contributed by atoms with Gasteiger partial charge in [0.05, 0.1) is 6.10 Å². The van der Waals surface area contributed by atoms with Crippen LogP contribution in [0.2, 0.25) is 0 Å². The molecule has 1 aromatic heterocycles. The van der Waals surface area contributed by atoms with E-state index in [2.05, 4.69) is 25.9 Å². The first kappa shape index (κ1) is 11.1. The highest BCUT2D eigenvalue weighted by atomic mass is 79.9. The summed E-state index contributed by atoms with van der Waals surface area (Å²) < 4.78 is 0. The molecule has 7 nitrogen and oxygen atoms in total. The fraction of sp³-hybridized carbons (Fsp3) is 0.500. The van der Waals surface area contributed by atoms with Crippen LogP contribution in [0.4, 0.5) is 5.82 Å². The van der Waals surface area contributed by atoms with Crippen molar-refractivity contribution in [3.05, 3.63) is 22.1 Å². The summed E-state index contributed by atoms with van der Waals surface area (Å²) in [6, 6.07) is 0. The first-order valence-electron chi connectivity index (χ1n) is 3.67. The van der Waals surface area contributed by atoms with E-state index in [1.165, 1.54) is 0 Å². The highest BCUT2D eigenvalue weighted by Gasteiger charge is 2.27. The van der Waals surface area contributed by atoms with Crippen LogP contribution in [0.5, 0.6) is 0 Å². The maximum Gasteiger partial charge on any atom is 0.346 e. The first-order valence-corrected chi connectivity index (χ1v) is 4.79. The zero-order chi connectivity index (χ0) is 10.7. The molecule has 0 aliphatic heterocycles. The maximum atomic E-state index is 10.4. The molecule has 8 heteroatoms. The summed E-state index contributed by atoms with van der Waals surface area (Å²) in [6.45, 7) is 0. The van der Waals surface area contributed by atoms with E-state index < -0.39 is 22.9 Å². The molecular weight excluding hydrogens is 258 g/mol. The van der Waals surface area contributed by atoms with E-state index in [9.17, 15) is 20.3 Å². The molecule has 0 spiro atoms. The highest BCUT2D eigenvalue weighted by Crippen LogP contribution is 2.23. The molecule has 78 valence electrons. The zero-order valence-corrected chi connectivity index (χ0v) is 8.51. The molecule has 0 aromatic carbocycles. The number of H-pyrrole nitrogens is 1. The Morgan fingerprint density at radius 1 is 1.71 bits per heavy atom. The molecule has 1 heterocycles. The lowest BCUT2D eigenvalue weighted by Crippen LogP contribution is -2.20. The third-order valence-corrected chi connectivity index (χ3v) is 2.30. The number of halogens is 1. The van der Waals surface area contributed by atoms with E-state index in [-0.39, 0.29) is 11.0 Å². The van der Waals surface area contributed by atoms with Gasteiger partial charge in [0.1, 0.15) is 6.10 Å². The Bertz CT molecular complexity index is 329. The van der Waals surface area contributed by atoms with Gasteiger partial charge in [0.25, 0.3) is 0 Å². The van der Waals surface area contributed by atoms with Gasteiger partial charge in [-0.1, -0.05) is 15.9 Å². The number of aromatic nitrogens is 2. The topological polar surface area (TPSA) is 112 Å². The highest BCUT2D eigenvalue weighted by molar-refractivity contribution is 9.09. The first-order chi connectivity index (χ1) is 6.57. The summed E-state index contributed by atoms with van der Waals surface area (Å²) in [5.41, 5.74) is -0.165. The Morgan fingerprint density at radius 2 is 2.36 bits per heavy atom. The standard InChI is InChI=1S/C6H8BrN3O4/c7-1-3(11)5(12)4-6(10(13)14)9-2-8-4/h2-3,5,11-12H,1H2,(H,8,9). The average molecular weight is 266 g/mol. The van der Waals surface area contributed by atoms with Crippen molar-refractivity contribution >= 4 is 21.7 Å². The van der Waals surface area contributed by atoms with Gasteiger partial charge < -0.3 is 20.3 Å². The van der Waals surface area contributed by atoms with Crippen LogP contribution in [0.15, 0.2) is 6.33 Å². The minimum Gasteiger partial charge on any atom is -0.389 e. The summed E-state index contributed by atoms with van der Waals surface area (Å²) in [7, 11) is 0. The van der Waals surface area contributed by atoms with Crippen molar-refractivity contribution < 1.29 is 15.1 Å². The van der Waals surface area contributed by atoms with E-state index in [1.54, 1.807) is 0 Å². The molecule has 1 aromatic rings. The lowest BCUT2D eigenvalue weighted by atomic mass is 10.1. The fourth-order valence-corrected chi connectivity index (χ4v) is 1.28. The van der Waals surface area contributed by atoms with Gasteiger partial charge in [-0.05, 0) is 4.92 Å². The van der Waals surface area contributed by atoms with Gasteiger partial charge in [0.2, 0.25) is 0 Å². The van der Waals surface area contributed by atoms with Crippen LogP contribution in [-0.2, 0) is 0 Å². The second-order valence-electron chi connectivity index (χ2n) is 2.56. The van der Waals surface area contributed by atoms with E-state index in [4.69, 9.17) is 0 Å². The van der Waals surface area contributed by atoms with Crippen molar-refractivity contribution in [3.8, 4) is 0 Å². The molecule has 3 N–H and O–H groups in total. The van der Waals surface area contributed by atoms with Crippen molar-refractivity contribution in [1.29, 1.82) is 0 Å². The number of hydrogen-bond acceptors (Lipinski definition) is 5. The van der Waals surface area contributed by atoms with E-state index in [0.29, 0.717) is 0 Å². The molecule has 0 saturated carbocycles. The number of nitrogens with zero attached hydrogens (tertiary/aromatic N) is 2. The smallest absolute Gasteiger partial charge is 0.346 e. The maximum absolute atomic E-state index is 10.4. The molecule has 0 amide bonds. The number of aliphatic hydroxyl groups excluding tert-OH is 2. The summed E-state index contributed by atoms with van der Waals surface area (Å²) in [5, 5.41) is 29.2. The largest absolute Gasteiger partial charge is 0.389 e. The lowest BCUT2D eigenvalue weighted by Gasteiger charge is -2.12. The molecular formula is C6H8BrN3O4. The van der Waals surface area contributed by atoms with E-state index >= 15 is 0 Å². The number of aliphatic hydroxyl groups is 2. The molecule has 14 heavy (non-hydrogen) atoms. The van der Waals surface area contributed by atoms with Crippen molar-refractivity contribution in [2.75, 3.05) is 5.33 Å². The molecule has 0 fully saturated rings. The summed E-state index contributed by atoms with van der Waals surface area (Å²) in [6.07, 6.45) is -1.41. The SMILES string of the molecule is O=[N+]([O-])c1[nH]cnc1C(O)C(O)CBr. The van der Waals surface area contributed by atoms with Crippen molar-refractivity contribution in [2.45, 2.75) is 12.2 Å². The Kier molecular flexibility index (Phi) is 3.55. The van der Waals surface area contributed by atoms with Gasteiger partial charge >= 0.3 is 5.82 Å². The predicted octanol–water partition coefficient (Wildman–Crippen LogP) is 0.107.